The Morgan fingerprint density at radius 1 is 1.45 bits per heavy atom. The van der Waals surface area contributed by atoms with Crippen LogP contribution in [0.3, 0.4) is 0 Å². The monoisotopic (exact) mass is 148 g/mol. The van der Waals surface area contributed by atoms with Crippen LogP contribution in [0.5, 0.6) is 0 Å². The van der Waals surface area contributed by atoms with Gasteiger partial charge in [-0.25, -0.2) is 0 Å². The van der Waals surface area contributed by atoms with Crippen molar-refractivity contribution >= 4 is 0 Å². The van der Waals surface area contributed by atoms with E-state index in [1.54, 1.807) is 6.20 Å². The summed E-state index contributed by atoms with van der Waals surface area (Å²) in [5.41, 5.74) is 0.300. The fourth-order valence-electron chi connectivity index (χ4n) is 0.730. The summed E-state index contributed by atoms with van der Waals surface area (Å²) < 4.78 is 0. The Kier molecular flexibility index (Phi) is 2.14. The first-order valence-electron chi connectivity index (χ1n) is 3.13. The first kappa shape index (κ1) is 7.17. The van der Waals surface area contributed by atoms with E-state index in [0.717, 1.165) is 0 Å². The number of rotatable bonds is 0. The van der Waals surface area contributed by atoms with Crippen LogP contribution in [-0.4, -0.2) is 6.54 Å². The molecule has 54 valence electrons. The summed E-state index contributed by atoms with van der Waals surface area (Å²) in [5, 5.41) is 19.4. The zero-order valence-corrected chi connectivity index (χ0v) is 5.86. The zero-order valence-electron chi connectivity index (χ0n) is 5.86. The molecule has 0 aromatic carbocycles. The first-order chi connectivity index (χ1) is 5.38. The van der Waals surface area contributed by atoms with Crippen molar-refractivity contribution in [3.05, 3.63) is 23.7 Å². The van der Waals surface area contributed by atoms with Gasteiger partial charge in [0, 0.05) is 12.7 Å². The van der Waals surface area contributed by atoms with E-state index in [1.807, 2.05) is 6.08 Å². The van der Waals surface area contributed by atoms with Crippen LogP contribution in [0, 0.1) is 12.1 Å². The van der Waals surface area contributed by atoms with Gasteiger partial charge in [-0.15, -0.1) is 0 Å². The Labute approximate surface area is 64.4 Å². The predicted molar refractivity (Wildman–Crippen MR) is 37.0 cm³/mol. The molecule has 4 nitrogen and oxygen atoms in total. The summed E-state index contributed by atoms with van der Waals surface area (Å²) in [6.45, 7) is 0.704. The molecule has 0 spiro atoms. The van der Waals surface area contributed by atoms with Crippen molar-refractivity contribution in [1.82, 2.24) is 10.6 Å². The molecule has 0 aromatic rings. The van der Waals surface area contributed by atoms with Gasteiger partial charge in [0.25, 0.3) is 5.57 Å². The van der Waals surface area contributed by atoms with Crippen LogP contribution in [-0.2, 0) is 0 Å². The molecule has 0 unspecified atom stereocenters. The van der Waals surface area contributed by atoms with E-state index in [-0.39, 0.29) is 0 Å². The van der Waals surface area contributed by atoms with Crippen LogP contribution < -0.4 is 21.2 Å². The van der Waals surface area contributed by atoms with Gasteiger partial charge in [0.2, 0.25) is 0 Å². The molecule has 0 radical (unpaired) electrons. The summed E-state index contributed by atoms with van der Waals surface area (Å²) in [5.74, 6) is 0.609. The summed E-state index contributed by atoms with van der Waals surface area (Å²) in [6.07, 6.45) is 3.65. The molecule has 1 rings (SSSR count). The van der Waals surface area contributed by atoms with Gasteiger partial charge < -0.3 is 10.6 Å². The normalized spacial score (nSPS) is 13.8. The van der Waals surface area contributed by atoms with Gasteiger partial charge in [-0.2, -0.15) is 0 Å². The number of hydrogen-bond acceptors (Lipinski definition) is 2. The lowest BCUT2D eigenvalue weighted by molar-refractivity contribution is -0.0972. The minimum atomic E-state index is 0.300. The van der Waals surface area contributed by atoms with Crippen LogP contribution in [0.15, 0.2) is 23.7 Å². The quantitative estimate of drug-likeness (QED) is 0.269. The molecule has 0 fully saturated rings. The molecule has 0 aromatic heterocycles. The molecule has 0 amide bonds. The van der Waals surface area contributed by atoms with Crippen molar-refractivity contribution in [2.24, 2.45) is 0 Å². The average Bonchev–Trinajstić information content (AvgIpc) is 2.09. The Hall–Kier alpha value is -1.94. The second-order valence-electron chi connectivity index (χ2n) is 1.93. The first-order valence-corrected chi connectivity index (χ1v) is 3.13. The molecule has 0 bridgehead atoms. The number of nitrogens with one attached hydrogen (secondary N) is 4. The van der Waals surface area contributed by atoms with Crippen LogP contribution >= 0.6 is 0 Å². The van der Waals surface area contributed by atoms with Gasteiger partial charge in [0.1, 0.15) is 5.82 Å². The van der Waals surface area contributed by atoms with E-state index in [1.165, 1.54) is 0 Å². The van der Waals surface area contributed by atoms with Gasteiger partial charge in [-0.05, 0) is 6.08 Å². The maximum absolute atomic E-state index is 6.80. The highest BCUT2D eigenvalue weighted by Gasteiger charge is 2.11. The predicted octanol–water partition coefficient (Wildman–Crippen LogP) is -3.55. The summed E-state index contributed by atoms with van der Waals surface area (Å²) in [6, 6.07) is 4.19. The molecule has 1 aliphatic rings. The fraction of sp³-hybridized carbons (Fsp3) is 0.143. The van der Waals surface area contributed by atoms with E-state index in [4.69, 9.17) is 10.5 Å². The Morgan fingerprint density at radius 3 is 2.64 bits per heavy atom. The van der Waals surface area contributed by atoms with E-state index in [9.17, 15) is 0 Å². The van der Waals surface area contributed by atoms with Gasteiger partial charge in [-0.3, -0.25) is 0 Å². The summed E-state index contributed by atoms with van der Waals surface area (Å²) in [7, 11) is 0. The molecule has 1 heterocycles. The Bertz CT molecular complexity index is 271. The third-order valence-electron chi connectivity index (χ3n) is 1.24. The standard InChI is InChI=1S/C7H6N4/c8-4-6(5-9)7-10-2-1-3-11-7/h1-2,10-11H,3H2/p+2. The van der Waals surface area contributed by atoms with Crippen LogP contribution in [0.1, 0.15) is 0 Å². The third-order valence-corrected chi connectivity index (χ3v) is 1.24. The minimum Gasteiger partial charge on any atom is -0.366 e. The minimum absolute atomic E-state index is 0.300. The highest BCUT2D eigenvalue weighted by Crippen LogP contribution is 1.96. The molecule has 0 saturated carbocycles. The van der Waals surface area contributed by atoms with Gasteiger partial charge >= 0.3 is 12.1 Å². The van der Waals surface area contributed by atoms with Crippen LogP contribution in [0.25, 0.3) is 0 Å². The molecule has 0 aliphatic carbocycles. The molecule has 11 heavy (non-hydrogen) atoms. The largest absolute Gasteiger partial charge is 0.366 e. The molecule has 0 atom stereocenters. The van der Waals surface area contributed by atoms with E-state index in [2.05, 4.69) is 22.8 Å². The maximum Gasteiger partial charge on any atom is 0.328 e. The maximum atomic E-state index is 6.80. The van der Waals surface area contributed by atoms with Gasteiger partial charge in [0.05, 0.1) is 0 Å². The van der Waals surface area contributed by atoms with Crippen LogP contribution in [0.4, 0.5) is 0 Å². The molecular weight excluding hydrogens is 140 g/mol. The second-order valence-corrected chi connectivity index (χ2v) is 1.93. The lowest BCUT2D eigenvalue weighted by Crippen LogP contribution is -2.31. The topological polar surface area (TPSA) is 71.7 Å². The molecule has 0 saturated heterocycles. The third kappa shape index (κ3) is 1.50. The molecule has 1 aliphatic heterocycles. The lowest BCUT2D eigenvalue weighted by Gasteiger charge is -2.11. The van der Waals surface area contributed by atoms with Crippen LogP contribution in [0.2, 0.25) is 0 Å². The smallest absolute Gasteiger partial charge is 0.328 e. The highest BCUT2D eigenvalue weighted by molar-refractivity contribution is 5.38. The van der Waals surface area contributed by atoms with Crippen molar-refractivity contribution < 1.29 is 10.5 Å². The van der Waals surface area contributed by atoms with Gasteiger partial charge in [0.15, 0.2) is 0 Å². The van der Waals surface area contributed by atoms with Crippen molar-refractivity contribution in [3.63, 3.8) is 0 Å². The van der Waals surface area contributed by atoms with Crippen molar-refractivity contribution in [2.75, 3.05) is 6.54 Å². The van der Waals surface area contributed by atoms with E-state index in [0.29, 0.717) is 17.9 Å². The number of allylic oxidation sites excluding steroid dienone is 1. The van der Waals surface area contributed by atoms with E-state index < -0.39 is 0 Å². The zero-order chi connectivity index (χ0) is 8.10. The molecule has 4 heteroatoms. The van der Waals surface area contributed by atoms with Gasteiger partial charge in [-0.1, -0.05) is 10.5 Å². The highest BCUT2D eigenvalue weighted by atomic mass is 15.1. The van der Waals surface area contributed by atoms with E-state index >= 15 is 0 Å². The Balaban J connectivity index is 2.89. The van der Waals surface area contributed by atoms with Crippen molar-refractivity contribution in [1.29, 1.82) is 0 Å². The Morgan fingerprint density at radius 2 is 2.18 bits per heavy atom. The fourth-order valence-corrected chi connectivity index (χ4v) is 0.730. The van der Waals surface area contributed by atoms with Crippen molar-refractivity contribution in [3.8, 4) is 12.1 Å². The summed E-state index contributed by atoms with van der Waals surface area (Å²) in [4.78, 5) is 0. The molecular formula is C7H8N4+2. The number of hydrogen-bond donors (Lipinski definition) is 4. The molecule has 4 N–H and O–H groups in total. The average molecular weight is 148 g/mol. The van der Waals surface area contributed by atoms with Crippen molar-refractivity contribution in [2.45, 2.75) is 0 Å². The lowest BCUT2D eigenvalue weighted by atomic mass is 10.3. The summed E-state index contributed by atoms with van der Waals surface area (Å²) >= 11 is 0. The SMILES string of the molecule is [NH+]#CC(C#[NH+])=C1NC=CCN1. The second kappa shape index (κ2) is 3.28.